The molecule has 5 N–H and O–H groups in total. The van der Waals surface area contributed by atoms with E-state index in [0.717, 1.165) is 42.9 Å². The molecule has 30 heavy (non-hydrogen) atoms. The van der Waals surface area contributed by atoms with Crippen molar-refractivity contribution < 1.29 is 9.94 Å². The van der Waals surface area contributed by atoms with Crippen LogP contribution in [0.4, 0.5) is 0 Å². The third-order valence-corrected chi connectivity index (χ3v) is 9.85. The molecule has 0 heterocycles. The van der Waals surface area contributed by atoms with Crippen molar-refractivity contribution in [2.45, 2.75) is 84.2 Å². The second-order valence-corrected chi connectivity index (χ2v) is 11.1. The average Bonchev–Trinajstić information content (AvgIpc) is 3.04. The summed E-state index contributed by atoms with van der Waals surface area (Å²) in [5, 5.41) is 14.4. The highest BCUT2D eigenvalue weighted by atomic mass is 16.6. The van der Waals surface area contributed by atoms with Crippen molar-refractivity contribution >= 4 is 12.2 Å². The smallest absolute Gasteiger partial charge is 0.186 e. The zero-order valence-electron chi connectivity index (χ0n) is 18.9. The number of guanidine groups is 1. The molecule has 0 aromatic rings. The fraction of sp³-hybridized carbons (Fsp3) is 0.917. The lowest BCUT2D eigenvalue weighted by molar-refractivity contribution is -0.126. The Hall–Kier alpha value is -1.30. The summed E-state index contributed by atoms with van der Waals surface area (Å²) in [4.78, 5) is 9.21. The molecule has 0 saturated heterocycles. The maximum atomic E-state index is 10.2. The number of hydrogen-bond acceptors (Lipinski definition) is 4. The Labute approximate surface area is 181 Å². The summed E-state index contributed by atoms with van der Waals surface area (Å²) in [6.07, 6.45) is 14.4. The van der Waals surface area contributed by atoms with E-state index < -0.39 is 0 Å². The zero-order chi connectivity index (χ0) is 21.4. The van der Waals surface area contributed by atoms with Crippen LogP contribution in [-0.4, -0.2) is 36.5 Å². The van der Waals surface area contributed by atoms with Gasteiger partial charge in [-0.15, -0.1) is 0 Å². The molecule has 0 aromatic heterocycles. The largest absolute Gasteiger partial charge is 0.394 e. The Bertz CT molecular complexity index is 664. The molecule has 170 valence electrons. The molecule has 4 aliphatic carbocycles. The highest BCUT2D eigenvalue weighted by Crippen LogP contribution is 2.67. The summed E-state index contributed by atoms with van der Waals surface area (Å²) in [6.45, 7) is 6.00. The van der Waals surface area contributed by atoms with Gasteiger partial charge in [0.1, 0.15) is 6.61 Å². The number of rotatable bonds is 6. The molecule has 0 unspecified atom stereocenters. The van der Waals surface area contributed by atoms with E-state index in [4.69, 9.17) is 16.3 Å². The molecular formula is C24H42N4O2. The van der Waals surface area contributed by atoms with E-state index in [1.807, 2.05) is 6.21 Å². The summed E-state index contributed by atoms with van der Waals surface area (Å²) < 4.78 is 0. The Balaban J connectivity index is 1.35. The van der Waals surface area contributed by atoms with Gasteiger partial charge in [0.05, 0.1) is 12.6 Å². The minimum Gasteiger partial charge on any atom is -0.394 e. The first-order valence-corrected chi connectivity index (χ1v) is 12.2. The third-order valence-electron chi connectivity index (χ3n) is 9.85. The standard InChI is InChI=1S/C24H42N4O2/c1-23-11-8-21-19(5-3-17-15-18(29)7-10-24(17,21)2)20(23)6-4-16(23)9-12-28-30-14-13-27-22(25)26/h12,16-21,29H,3-11,13-15H2,1-2H3,(H4,25,26,27)/b28-12+/t16-,17-,18+,19+,20+,21+,23-,24+/m1/s1. The van der Waals surface area contributed by atoms with E-state index in [9.17, 15) is 5.11 Å². The van der Waals surface area contributed by atoms with Crippen LogP contribution in [0.25, 0.3) is 0 Å². The normalized spacial score (nSPS) is 45.4. The molecule has 8 atom stereocenters. The molecule has 0 aromatic carbocycles. The second kappa shape index (κ2) is 8.68. The molecule has 0 spiro atoms. The molecule has 4 aliphatic rings. The van der Waals surface area contributed by atoms with Gasteiger partial charge in [0.2, 0.25) is 0 Å². The minimum absolute atomic E-state index is 0.0506. The van der Waals surface area contributed by atoms with Gasteiger partial charge in [-0.2, -0.15) is 0 Å². The average molecular weight is 419 g/mol. The summed E-state index contributed by atoms with van der Waals surface area (Å²) in [5.41, 5.74) is 11.5. The van der Waals surface area contributed by atoms with Crippen molar-refractivity contribution in [1.82, 2.24) is 0 Å². The van der Waals surface area contributed by atoms with Crippen molar-refractivity contribution in [3.05, 3.63) is 0 Å². The number of nitrogens with two attached hydrogens (primary N) is 2. The second-order valence-electron chi connectivity index (χ2n) is 11.1. The lowest BCUT2D eigenvalue weighted by Crippen LogP contribution is -2.53. The molecule has 0 aliphatic heterocycles. The van der Waals surface area contributed by atoms with Crippen LogP contribution in [-0.2, 0) is 4.84 Å². The van der Waals surface area contributed by atoms with Crippen LogP contribution in [0.5, 0.6) is 0 Å². The van der Waals surface area contributed by atoms with Crippen LogP contribution >= 0.6 is 0 Å². The van der Waals surface area contributed by atoms with Gasteiger partial charge >= 0.3 is 0 Å². The number of aliphatic hydroxyl groups excluding tert-OH is 1. The fourth-order valence-electron chi connectivity index (χ4n) is 8.22. The third kappa shape index (κ3) is 3.96. The first-order chi connectivity index (χ1) is 14.3. The van der Waals surface area contributed by atoms with E-state index in [2.05, 4.69) is 24.0 Å². The lowest BCUT2D eigenvalue weighted by Gasteiger charge is -2.61. The van der Waals surface area contributed by atoms with Gasteiger partial charge in [-0.1, -0.05) is 19.0 Å². The number of aliphatic hydroxyl groups is 1. The van der Waals surface area contributed by atoms with Crippen LogP contribution in [0.1, 0.15) is 78.1 Å². The number of oxime groups is 1. The van der Waals surface area contributed by atoms with Gasteiger partial charge in [0.25, 0.3) is 0 Å². The molecule has 0 amide bonds. The summed E-state index contributed by atoms with van der Waals surface area (Å²) in [5.74, 6) is 4.17. The van der Waals surface area contributed by atoms with Crippen LogP contribution in [0.2, 0.25) is 0 Å². The molecule has 6 heteroatoms. The quantitative estimate of drug-likeness (QED) is 0.265. The SMILES string of the molecule is C[C@]12CC[C@H](O)C[C@H]1CC[C@@H]1[C@@H]2CC[C@]2(C)[C@@H](C/C=N/OCCN=C(N)N)CC[C@@H]12. The van der Waals surface area contributed by atoms with Crippen molar-refractivity contribution in [2.75, 3.05) is 13.2 Å². The molecular weight excluding hydrogens is 376 g/mol. The Morgan fingerprint density at radius 3 is 2.60 bits per heavy atom. The van der Waals surface area contributed by atoms with Crippen LogP contribution in [0.15, 0.2) is 10.1 Å². The summed E-state index contributed by atoms with van der Waals surface area (Å²) in [7, 11) is 0. The first-order valence-electron chi connectivity index (χ1n) is 12.2. The van der Waals surface area contributed by atoms with Gasteiger partial charge in [-0.3, -0.25) is 0 Å². The highest BCUT2D eigenvalue weighted by molar-refractivity contribution is 5.75. The van der Waals surface area contributed by atoms with Crippen molar-refractivity contribution in [1.29, 1.82) is 0 Å². The number of nitrogens with zero attached hydrogens (tertiary/aromatic N) is 2. The molecule has 0 radical (unpaired) electrons. The van der Waals surface area contributed by atoms with Gasteiger partial charge in [0, 0.05) is 6.21 Å². The van der Waals surface area contributed by atoms with E-state index in [-0.39, 0.29) is 12.1 Å². The molecule has 4 rings (SSSR count). The molecule has 4 saturated carbocycles. The lowest BCUT2D eigenvalue weighted by atomic mass is 9.44. The van der Waals surface area contributed by atoms with E-state index in [0.29, 0.717) is 29.9 Å². The van der Waals surface area contributed by atoms with Crippen molar-refractivity contribution in [3.8, 4) is 0 Å². The van der Waals surface area contributed by atoms with Crippen molar-refractivity contribution in [2.24, 2.45) is 62.0 Å². The summed E-state index contributed by atoms with van der Waals surface area (Å²) in [6, 6.07) is 0. The van der Waals surface area contributed by atoms with E-state index >= 15 is 0 Å². The van der Waals surface area contributed by atoms with Crippen LogP contribution < -0.4 is 11.5 Å². The van der Waals surface area contributed by atoms with Gasteiger partial charge in [-0.05, 0) is 105 Å². The van der Waals surface area contributed by atoms with Gasteiger partial charge < -0.3 is 21.4 Å². The number of aliphatic imine (C=N–C) groups is 1. The Morgan fingerprint density at radius 1 is 1.03 bits per heavy atom. The predicted molar refractivity (Wildman–Crippen MR) is 121 cm³/mol. The maximum absolute atomic E-state index is 10.2. The molecule has 6 nitrogen and oxygen atoms in total. The van der Waals surface area contributed by atoms with Crippen LogP contribution in [0.3, 0.4) is 0 Å². The molecule has 0 bridgehead atoms. The highest BCUT2D eigenvalue weighted by Gasteiger charge is 2.59. The van der Waals surface area contributed by atoms with Gasteiger partial charge in [-0.25, -0.2) is 4.99 Å². The Kier molecular flexibility index (Phi) is 6.34. The maximum Gasteiger partial charge on any atom is 0.186 e. The number of fused-ring (bicyclic) bond motifs is 5. The predicted octanol–water partition coefficient (Wildman–Crippen LogP) is 3.67. The first kappa shape index (κ1) is 21.9. The minimum atomic E-state index is -0.0506. The molecule has 4 fully saturated rings. The summed E-state index contributed by atoms with van der Waals surface area (Å²) >= 11 is 0. The Morgan fingerprint density at radius 2 is 1.80 bits per heavy atom. The monoisotopic (exact) mass is 418 g/mol. The zero-order valence-corrected chi connectivity index (χ0v) is 18.9. The fourth-order valence-corrected chi connectivity index (χ4v) is 8.22. The number of hydrogen-bond donors (Lipinski definition) is 3. The van der Waals surface area contributed by atoms with Crippen molar-refractivity contribution in [3.63, 3.8) is 0 Å². The van der Waals surface area contributed by atoms with E-state index in [1.54, 1.807) is 0 Å². The van der Waals surface area contributed by atoms with Crippen LogP contribution in [0, 0.1) is 40.4 Å². The van der Waals surface area contributed by atoms with E-state index in [1.165, 1.54) is 44.9 Å². The van der Waals surface area contributed by atoms with Gasteiger partial charge in [0.15, 0.2) is 5.96 Å². The topological polar surface area (TPSA) is 106 Å².